The highest BCUT2D eigenvalue weighted by molar-refractivity contribution is 5.83. The van der Waals surface area contributed by atoms with Crippen molar-refractivity contribution >= 4 is 12.0 Å². The summed E-state index contributed by atoms with van der Waals surface area (Å²) in [6, 6.07) is 0.635. The van der Waals surface area contributed by atoms with Crippen LogP contribution in [0, 0.1) is 22.7 Å². The summed E-state index contributed by atoms with van der Waals surface area (Å²) in [5.74, 6) is -1.35. The molecule has 108 valence electrons. The van der Waals surface area contributed by atoms with Crippen LogP contribution in [0.2, 0.25) is 0 Å². The van der Waals surface area contributed by atoms with Crippen LogP contribution in [-0.4, -0.2) is 41.1 Å². The Balaban J connectivity index is 4.80. The first kappa shape index (κ1) is 17.2. The number of nitrogens with one attached hydrogen (secondary N) is 1. The molecule has 0 aliphatic heterocycles. The number of hydrogen-bond donors (Lipinski definition) is 2. The first-order valence-electron chi connectivity index (χ1n) is 6.31. The highest BCUT2D eigenvalue weighted by Gasteiger charge is 2.33. The number of carboxylic acid groups (broad SMARTS) is 1. The lowest BCUT2D eigenvalue weighted by molar-refractivity contribution is -0.142. The van der Waals surface area contributed by atoms with Gasteiger partial charge in [-0.15, -0.1) is 0 Å². The van der Waals surface area contributed by atoms with Crippen LogP contribution in [0.25, 0.3) is 0 Å². The summed E-state index contributed by atoms with van der Waals surface area (Å²) < 4.78 is 0. The number of amides is 2. The highest BCUT2D eigenvalue weighted by Crippen LogP contribution is 2.19. The minimum Gasteiger partial charge on any atom is -0.480 e. The van der Waals surface area contributed by atoms with Gasteiger partial charge in [0.25, 0.3) is 0 Å². The van der Waals surface area contributed by atoms with Crippen molar-refractivity contribution in [1.29, 1.82) is 5.26 Å². The molecule has 0 saturated heterocycles. The van der Waals surface area contributed by atoms with Crippen LogP contribution in [0.4, 0.5) is 4.79 Å². The molecule has 6 heteroatoms. The molecule has 0 aromatic heterocycles. The molecule has 6 nitrogen and oxygen atoms in total. The van der Waals surface area contributed by atoms with E-state index in [1.54, 1.807) is 34.6 Å². The summed E-state index contributed by atoms with van der Waals surface area (Å²) in [4.78, 5) is 24.7. The van der Waals surface area contributed by atoms with E-state index in [1.807, 2.05) is 0 Å². The number of hydrogen-bond acceptors (Lipinski definition) is 3. The van der Waals surface area contributed by atoms with Crippen molar-refractivity contribution in [2.45, 2.75) is 40.7 Å². The largest absolute Gasteiger partial charge is 0.480 e. The van der Waals surface area contributed by atoms with Gasteiger partial charge >= 0.3 is 12.0 Å². The van der Waals surface area contributed by atoms with E-state index in [1.165, 1.54) is 4.90 Å². The molecule has 2 atom stereocenters. The second-order valence-corrected chi connectivity index (χ2v) is 5.66. The van der Waals surface area contributed by atoms with Gasteiger partial charge in [0, 0.05) is 13.1 Å². The van der Waals surface area contributed by atoms with Gasteiger partial charge in [-0.2, -0.15) is 5.26 Å². The average Bonchev–Trinajstić information content (AvgIpc) is 2.30. The zero-order valence-electron chi connectivity index (χ0n) is 12.2. The van der Waals surface area contributed by atoms with Gasteiger partial charge in [0.05, 0.1) is 12.0 Å². The van der Waals surface area contributed by atoms with E-state index >= 15 is 0 Å². The Morgan fingerprint density at radius 3 is 2.26 bits per heavy atom. The topological polar surface area (TPSA) is 93.4 Å². The predicted molar refractivity (Wildman–Crippen MR) is 71.4 cm³/mol. The number of carbonyl (C=O) groups excluding carboxylic acids is 1. The predicted octanol–water partition coefficient (Wildman–Crippen LogP) is 1.68. The van der Waals surface area contributed by atoms with Crippen molar-refractivity contribution < 1.29 is 14.7 Å². The molecule has 0 spiro atoms. The van der Waals surface area contributed by atoms with Crippen LogP contribution < -0.4 is 5.32 Å². The van der Waals surface area contributed by atoms with Crippen molar-refractivity contribution in [2.75, 3.05) is 13.1 Å². The molecule has 0 heterocycles. The van der Waals surface area contributed by atoms with Gasteiger partial charge in [0.15, 0.2) is 0 Å². The lowest BCUT2D eigenvalue weighted by Gasteiger charge is -2.31. The van der Waals surface area contributed by atoms with Gasteiger partial charge in [-0.3, -0.25) is 0 Å². The van der Waals surface area contributed by atoms with Crippen molar-refractivity contribution in [2.24, 2.45) is 11.3 Å². The van der Waals surface area contributed by atoms with E-state index in [0.29, 0.717) is 6.54 Å². The highest BCUT2D eigenvalue weighted by atomic mass is 16.4. The van der Waals surface area contributed by atoms with E-state index < -0.39 is 23.5 Å². The zero-order valence-corrected chi connectivity index (χ0v) is 12.2. The maximum Gasteiger partial charge on any atom is 0.326 e. The van der Waals surface area contributed by atoms with Crippen LogP contribution in [0.3, 0.4) is 0 Å². The van der Waals surface area contributed by atoms with Gasteiger partial charge in [-0.25, -0.2) is 9.59 Å². The lowest BCUT2D eigenvalue weighted by Crippen LogP contribution is -2.53. The van der Waals surface area contributed by atoms with Gasteiger partial charge in [-0.05, 0) is 19.3 Å². The number of carboxylic acids is 1. The van der Waals surface area contributed by atoms with Crippen molar-refractivity contribution in [3.8, 4) is 6.07 Å². The Labute approximate surface area is 114 Å². The molecular weight excluding hydrogens is 246 g/mol. The molecule has 0 aliphatic rings. The minimum atomic E-state index is -1.06. The number of rotatable bonds is 5. The SMILES string of the molecule is CCN(CC(C)C#N)C(=O)N[C@H](C(=O)O)C(C)(C)C. The molecule has 1 unspecified atom stereocenters. The van der Waals surface area contributed by atoms with Crippen molar-refractivity contribution in [3.63, 3.8) is 0 Å². The summed E-state index contributed by atoms with van der Waals surface area (Å²) in [6.07, 6.45) is 0. The Morgan fingerprint density at radius 2 is 1.95 bits per heavy atom. The fraction of sp³-hybridized carbons (Fsp3) is 0.769. The van der Waals surface area contributed by atoms with Crippen molar-refractivity contribution in [3.05, 3.63) is 0 Å². The van der Waals surface area contributed by atoms with Gasteiger partial charge in [0.2, 0.25) is 0 Å². The van der Waals surface area contributed by atoms with E-state index in [-0.39, 0.29) is 12.5 Å². The standard InChI is InChI=1S/C13H23N3O3/c1-6-16(8-9(2)7-14)12(19)15-10(11(17)18)13(3,4)5/h9-10H,6,8H2,1-5H3,(H,15,19)(H,17,18)/t9?,10-/m1/s1. The molecule has 2 N–H and O–H groups in total. The van der Waals surface area contributed by atoms with E-state index in [9.17, 15) is 9.59 Å². The first-order valence-corrected chi connectivity index (χ1v) is 6.31. The zero-order chi connectivity index (χ0) is 15.2. The number of aliphatic carboxylic acids is 1. The van der Waals surface area contributed by atoms with Crippen LogP contribution in [0.15, 0.2) is 0 Å². The van der Waals surface area contributed by atoms with Crippen LogP contribution in [0.1, 0.15) is 34.6 Å². The number of urea groups is 1. The van der Waals surface area contributed by atoms with E-state index in [2.05, 4.69) is 11.4 Å². The number of carbonyl (C=O) groups is 2. The fourth-order valence-electron chi connectivity index (χ4n) is 1.59. The molecule has 0 aromatic rings. The summed E-state index contributed by atoms with van der Waals surface area (Å²) in [7, 11) is 0. The van der Waals surface area contributed by atoms with Crippen LogP contribution in [0.5, 0.6) is 0 Å². The third-order valence-electron chi connectivity index (χ3n) is 2.76. The number of nitriles is 1. The normalized spacial score (nSPS) is 14.1. The van der Waals surface area contributed by atoms with Gasteiger partial charge < -0.3 is 15.3 Å². The molecule has 19 heavy (non-hydrogen) atoms. The molecule has 0 aliphatic carbocycles. The Kier molecular flexibility index (Phi) is 6.33. The molecule has 0 fully saturated rings. The fourth-order valence-corrected chi connectivity index (χ4v) is 1.59. The summed E-state index contributed by atoms with van der Waals surface area (Å²) in [6.45, 7) is 9.47. The third-order valence-corrected chi connectivity index (χ3v) is 2.76. The molecule has 0 saturated carbocycles. The van der Waals surface area contributed by atoms with E-state index in [4.69, 9.17) is 10.4 Å². The average molecular weight is 269 g/mol. The first-order chi connectivity index (χ1) is 8.63. The second kappa shape index (κ2) is 6.98. The number of nitrogens with zero attached hydrogens (tertiary/aromatic N) is 2. The van der Waals surface area contributed by atoms with Gasteiger partial charge in [-0.1, -0.05) is 20.8 Å². The maximum absolute atomic E-state index is 12.0. The van der Waals surface area contributed by atoms with Crippen LogP contribution in [-0.2, 0) is 4.79 Å². The Morgan fingerprint density at radius 1 is 1.42 bits per heavy atom. The van der Waals surface area contributed by atoms with Crippen LogP contribution >= 0.6 is 0 Å². The smallest absolute Gasteiger partial charge is 0.326 e. The molecule has 0 aromatic carbocycles. The molecule has 0 radical (unpaired) electrons. The second-order valence-electron chi connectivity index (χ2n) is 5.66. The Bertz CT molecular complexity index is 368. The molecule has 0 rings (SSSR count). The minimum absolute atomic E-state index is 0.287. The maximum atomic E-state index is 12.0. The van der Waals surface area contributed by atoms with E-state index in [0.717, 1.165) is 0 Å². The summed E-state index contributed by atoms with van der Waals surface area (Å²) in [5, 5.41) is 20.4. The monoisotopic (exact) mass is 269 g/mol. The third kappa shape index (κ3) is 5.60. The molecule has 2 amide bonds. The molecule has 0 bridgehead atoms. The Hall–Kier alpha value is -1.77. The quantitative estimate of drug-likeness (QED) is 0.794. The van der Waals surface area contributed by atoms with Gasteiger partial charge in [0.1, 0.15) is 6.04 Å². The lowest BCUT2D eigenvalue weighted by atomic mass is 9.87. The van der Waals surface area contributed by atoms with Crippen molar-refractivity contribution in [1.82, 2.24) is 10.2 Å². The molecular formula is C13H23N3O3. The summed E-state index contributed by atoms with van der Waals surface area (Å²) in [5.41, 5.74) is -0.582. The summed E-state index contributed by atoms with van der Waals surface area (Å²) >= 11 is 0.